The van der Waals surface area contributed by atoms with Gasteiger partial charge >= 0.3 is 115 Å². The maximum atomic E-state index is 11.5. The van der Waals surface area contributed by atoms with Crippen LogP contribution in [0, 0.1) is 0 Å². The van der Waals surface area contributed by atoms with Gasteiger partial charge in [0.15, 0.2) is 0 Å². The Kier molecular flexibility index (Phi) is 4.72. The number of rotatable bonds is 4. The topological polar surface area (TPSA) is 109 Å². The monoisotopic (exact) mass is 337 g/mol. The molecule has 0 saturated carbocycles. The molecule has 8 heteroatoms. The number of hydrogen-bond donors (Lipinski definition) is 3. The predicted octanol–water partition coefficient (Wildman–Crippen LogP) is -1.53. The van der Waals surface area contributed by atoms with Crippen molar-refractivity contribution in [2.45, 2.75) is 31.3 Å². The van der Waals surface area contributed by atoms with Crippen molar-refractivity contribution in [3.05, 3.63) is 15.2 Å². The van der Waals surface area contributed by atoms with E-state index in [0.717, 1.165) is 0 Å². The zero-order valence-electron chi connectivity index (χ0n) is 10.2. The third-order valence-electron chi connectivity index (χ3n) is 2.79. The molecule has 2 heterocycles. The van der Waals surface area contributed by atoms with Crippen LogP contribution < -0.4 is 0 Å². The number of aromatic nitrogens is 1. The van der Waals surface area contributed by atoms with Gasteiger partial charge in [-0.15, -0.1) is 0 Å². The van der Waals surface area contributed by atoms with Crippen molar-refractivity contribution in [2.75, 3.05) is 13.2 Å². The molecule has 106 valence electrons. The minimum atomic E-state index is -1.15. The zero-order valence-corrected chi connectivity index (χ0v) is 11.9. The Balaban J connectivity index is 2.13. The second-order valence-corrected chi connectivity index (χ2v) is 5.92. The zero-order chi connectivity index (χ0) is 14.0. The average molecular weight is 336 g/mol. The predicted molar refractivity (Wildman–Crippen MR) is 63.8 cm³/mol. The van der Waals surface area contributed by atoms with Gasteiger partial charge in [0.2, 0.25) is 0 Å². The molecule has 1 saturated heterocycles. The Hall–Kier alpha value is -0.761. The van der Waals surface area contributed by atoms with E-state index in [1.165, 1.54) is 0 Å². The summed E-state index contributed by atoms with van der Waals surface area (Å²) in [5.74, 6) is -0.508. The number of carbonyl (C=O) groups excluding carboxylic acids is 1. The maximum absolute atomic E-state index is 11.5. The van der Waals surface area contributed by atoms with Crippen LogP contribution in [0.25, 0.3) is 0 Å². The van der Waals surface area contributed by atoms with E-state index in [2.05, 4.69) is 4.98 Å². The van der Waals surface area contributed by atoms with Crippen LogP contribution in [0.4, 0.5) is 0 Å². The van der Waals surface area contributed by atoms with E-state index in [1.54, 1.807) is 11.9 Å². The molecule has 0 spiro atoms. The van der Waals surface area contributed by atoms with Crippen LogP contribution in [0.2, 0.25) is 0 Å². The number of hydrogen-bond acceptors (Lipinski definition) is 7. The summed E-state index contributed by atoms with van der Waals surface area (Å²) < 4.78 is 10.7. The van der Waals surface area contributed by atoms with Crippen LogP contribution in [0.3, 0.4) is 0 Å². The summed E-state index contributed by atoms with van der Waals surface area (Å²) in [5.41, 5.74) is 0.203. The molecular formula is C11H15NO6Se. The molecule has 3 N–H and O–H groups in total. The summed E-state index contributed by atoms with van der Waals surface area (Å²) in [6, 6.07) is 0. The van der Waals surface area contributed by atoms with E-state index in [4.69, 9.17) is 14.6 Å². The van der Waals surface area contributed by atoms with Crippen molar-refractivity contribution in [3.8, 4) is 0 Å². The fourth-order valence-electron chi connectivity index (χ4n) is 1.82. The molecule has 1 aromatic heterocycles. The molecule has 19 heavy (non-hydrogen) atoms. The summed E-state index contributed by atoms with van der Waals surface area (Å²) in [6.45, 7) is 1.59. The summed E-state index contributed by atoms with van der Waals surface area (Å²) in [6.07, 6.45) is -3.91. The Morgan fingerprint density at radius 2 is 2.26 bits per heavy atom. The number of aliphatic hydroxyl groups excluding tert-OH is 3. The Bertz CT molecular complexity index is 450. The molecule has 7 nitrogen and oxygen atoms in total. The quantitative estimate of drug-likeness (QED) is 0.452. The number of aliphatic hydroxyl groups is 3. The third kappa shape index (κ3) is 2.89. The van der Waals surface area contributed by atoms with Gasteiger partial charge in [-0.1, -0.05) is 0 Å². The molecule has 4 atom stereocenters. The van der Waals surface area contributed by atoms with E-state index < -0.39 is 30.4 Å². The van der Waals surface area contributed by atoms with Gasteiger partial charge in [-0.2, -0.15) is 0 Å². The summed E-state index contributed by atoms with van der Waals surface area (Å²) in [7, 11) is 0. The Morgan fingerprint density at radius 3 is 2.84 bits per heavy atom. The first-order valence-electron chi connectivity index (χ1n) is 5.83. The first kappa shape index (κ1) is 14.6. The van der Waals surface area contributed by atoms with Crippen molar-refractivity contribution in [1.29, 1.82) is 0 Å². The molecule has 0 radical (unpaired) electrons. The molecule has 0 aromatic carbocycles. The Morgan fingerprint density at radius 1 is 1.53 bits per heavy atom. The van der Waals surface area contributed by atoms with E-state index in [9.17, 15) is 15.0 Å². The second-order valence-electron chi connectivity index (χ2n) is 4.05. The molecule has 1 fully saturated rings. The van der Waals surface area contributed by atoms with Crippen LogP contribution in [0.15, 0.2) is 4.94 Å². The molecule has 1 aliphatic heterocycles. The molecule has 2 rings (SSSR count). The normalized spacial score (nSPS) is 30.5. The number of carbonyl (C=O) groups is 1. The molecule has 1 aromatic rings. The van der Waals surface area contributed by atoms with Crippen LogP contribution in [0.1, 0.15) is 28.1 Å². The van der Waals surface area contributed by atoms with E-state index in [0.29, 0.717) is 4.57 Å². The van der Waals surface area contributed by atoms with Crippen molar-refractivity contribution in [1.82, 2.24) is 4.98 Å². The van der Waals surface area contributed by atoms with Gasteiger partial charge in [0.25, 0.3) is 0 Å². The van der Waals surface area contributed by atoms with Gasteiger partial charge < -0.3 is 0 Å². The summed E-state index contributed by atoms with van der Waals surface area (Å²) in [5, 5.41) is 28.5. The summed E-state index contributed by atoms with van der Waals surface area (Å²) in [4.78, 5) is 17.2. The van der Waals surface area contributed by atoms with Crippen molar-refractivity contribution >= 4 is 20.5 Å². The van der Waals surface area contributed by atoms with Crippen LogP contribution in [0.5, 0.6) is 0 Å². The van der Waals surface area contributed by atoms with Gasteiger partial charge in [0, 0.05) is 0 Å². The standard InChI is InChI=1S/C11H15NO6Se/c1-2-17-11(16)5-4-19-10(12-5)9-8(15)7(14)6(3-13)18-9/h4,6-9,13-15H,2-3H2,1H3/t6-,7-,8-,9-/m1/s1. The van der Waals surface area contributed by atoms with E-state index in [1.807, 2.05) is 0 Å². The molecule has 0 unspecified atom stereocenters. The number of nitrogens with zero attached hydrogens (tertiary/aromatic N) is 1. The van der Waals surface area contributed by atoms with Gasteiger partial charge in [-0.25, -0.2) is 0 Å². The van der Waals surface area contributed by atoms with Gasteiger partial charge in [0.1, 0.15) is 0 Å². The van der Waals surface area contributed by atoms with Gasteiger partial charge in [-0.3, -0.25) is 0 Å². The third-order valence-corrected chi connectivity index (χ3v) is 4.69. The van der Waals surface area contributed by atoms with E-state index in [-0.39, 0.29) is 33.4 Å². The molecular weight excluding hydrogens is 321 g/mol. The molecule has 1 aliphatic rings. The SMILES string of the molecule is CCOC(=O)c1c[se]c([C@@H]2O[C@H](CO)[C@@H](O)[C@H]2O)n1. The van der Waals surface area contributed by atoms with Crippen LogP contribution in [-0.4, -0.2) is 72.3 Å². The van der Waals surface area contributed by atoms with Gasteiger partial charge in [0.05, 0.1) is 0 Å². The average Bonchev–Trinajstić information content (AvgIpc) is 2.97. The van der Waals surface area contributed by atoms with Crippen LogP contribution >= 0.6 is 0 Å². The summed E-state index contributed by atoms with van der Waals surface area (Å²) >= 11 is -0.238. The first-order valence-corrected chi connectivity index (χ1v) is 7.68. The molecule has 0 bridgehead atoms. The van der Waals surface area contributed by atoms with Crippen molar-refractivity contribution in [3.63, 3.8) is 0 Å². The number of ether oxygens (including phenoxy) is 2. The fraction of sp³-hybridized carbons (Fsp3) is 0.636. The van der Waals surface area contributed by atoms with Crippen LogP contribution in [-0.2, 0) is 9.47 Å². The minimum absolute atomic E-state index is 0.203. The second kappa shape index (κ2) is 6.13. The molecule has 0 amide bonds. The fourth-order valence-corrected chi connectivity index (χ4v) is 3.63. The van der Waals surface area contributed by atoms with E-state index >= 15 is 0 Å². The first-order chi connectivity index (χ1) is 9.08. The Labute approximate surface area is 115 Å². The van der Waals surface area contributed by atoms with Crippen molar-refractivity contribution < 1.29 is 29.6 Å². The number of esters is 1. The van der Waals surface area contributed by atoms with Gasteiger partial charge in [-0.05, 0) is 0 Å². The molecule has 0 aliphatic carbocycles. The van der Waals surface area contributed by atoms with Crippen molar-refractivity contribution in [2.24, 2.45) is 0 Å².